The topological polar surface area (TPSA) is 57.7 Å². The lowest BCUT2D eigenvalue weighted by Crippen LogP contribution is -2.58. The van der Waals surface area contributed by atoms with Crippen LogP contribution in [0.25, 0.3) is 0 Å². The molecule has 0 spiro atoms. The number of carbonyl (C=O) groups is 3. The fourth-order valence-electron chi connectivity index (χ4n) is 2.71. The molecule has 4 amide bonds. The Morgan fingerprint density at radius 1 is 1.00 bits per heavy atom. The first-order valence-electron chi connectivity index (χ1n) is 7.86. The number of barbiturate groups is 1. The summed E-state index contributed by atoms with van der Waals surface area (Å²) in [5, 5.41) is 0. The summed E-state index contributed by atoms with van der Waals surface area (Å²) in [6.45, 7) is 2.05. The molecule has 1 aliphatic heterocycles. The highest BCUT2D eigenvalue weighted by Gasteiger charge is 2.45. The van der Waals surface area contributed by atoms with Crippen molar-refractivity contribution < 1.29 is 23.2 Å². The summed E-state index contributed by atoms with van der Waals surface area (Å²) >= 11 is 0. The van der Waals surface area contributed by atoms with Gasteiger partial charge in [0.1, 0.15) is 5.92 Å². The normalized spacial score (nSPS) is 18.6. The van der Waals surface area contributed by atoms with Crippen molar-refractivity contribution in [1.82, 2.24) is 9.80 Å². The summed E-state index contributed by atoms with van der Waals surface area (Å²) < 4.78 is 25.0. The maximum Gasteiger partial charge on any atom is 0.332 e. The molecule has 0 aromatic carbocycles. The van der Waals surface area contributed by atoms with Gasteiger partial charge in [-0.2, -0.15) is 0 Å². The molecule has 7 heteroatoms. The Bertz CT molecular complexity index is 456. The highest BCUT2D eigenvalue weighted by molar-refractivity contribution is 6.16. The van der Waals surface area contributed by atoms with Gasteiger partial charge in [-0.05, 0) is 18.4 Å². The molecule has 1 heterocycles. The van der Waals surface area contributed by atoms with E-state index >= 15 is 0 Å². The number of alkyl halides is 2. The second kappa shape index (κ2) is 8.74. The Kier molecular flexibility index (Phi) is 7.32. The molecule has 1 atom stereocenters. The molecule has 1 fully saturated rings. The van der Waals surface area contributed by atoms with Crippen LogP contribution >= 0.6 is 0 Å². The fourth-order valence-corrected chi connectivity index (χ4v) is 2.71. The lowest BCUT2D eigenvalue weighted by Gasteiger charge is -2.35. The van der Waals surface area contributed by atoms with Gasteiger partial charge in [0.25, 0.3) is 6.43 Å². The summed E-state index contributed by atoms with van der Waals surface area (Å²) in [6.07, 6.45) is 3.46. The monoisotopic (exact) mass is 330 g/mol. The second-order valence-corrected chi connectivity index (χ2v) is 5.79. The van der Waals surface area contributed by atoms with Gasteiger partial charge in [0.15, 0.2) is 0 Å². The molecule has 0 aromatic rings. The molecule has 1 aliphatic rings. The fraction of sp³-hybridized carbons (Fsp3) is 0.688. The van der Waals surface area contributed by atoms with Gasteiger partial charge in [-0.15, -0.1) is 0 Å². The van der Waals surface area contributed by atoms with Gasteiger partial charge < -0.3 is 0 Å². The summed E-state index contributed by atoms with van der Waals surface area (Å²) in [6, 6.07) is -0.696. The average Bonchev–Trinajstić information content (AvgIpc) is 2.52. The van der Waals surface area contributed by atoms with E-state index in [9.17, 15) is 23.2 Å². The van der Waals surface area contributed by atoms with E-state index in [1.807, 2.05) is 0 Å². The van der Waals surface area contributed by atoms with Crippen molar-refractivity contribution in [2.24, 2.45) is 11.8 Å². The summed E-state index contributed by atoms with van der Waals surface area (Å²) in [5.74, 6) is -2.99. The molecule has 0 aliphatic carbocycles. The number of unbranched alkanes of at least 4 members (excludes halogenated alkanes) is 3. The lowest BCUT2D eigenvalue weighted by molar-refractivity contribution is -0.149. The maximum absolute atomic E-state index is 12.5. The van der Waals surface area contributed by atoms with E-state index in [0.29, 0.717) is 12.5 Å². The van der Waals surface area contributed by atoms with Crippen LogP contribution in [0.15, 0.2) is 12.2 Å². The lowest BCUT2D eigenvalue weighted by atomic mass is 9.84. The average molecular weight is 330 g/mol. The second-order valence-electron chi connectivity index (χ2n) is 5.79. The van der Waals surface area contributed by atoms with Crippen LogP contribution in [0.2, 0.25) is 0 Å². The molecule has 0 bridgehead atoms. The SMILES string of the molecule is CCCCCCC(/C=C/C(F)F)C1C(=O)N(C)C(=O)N(C)C1=O. The van der Waals surface area contributed by atoms with E-state index in [1.165, 1.54) is 20.2 Å². The molecule has 23 heavy (non-hydrogen) atoms. The number of urea groups is 1. The van der Waals surface area contributed by atoms with E-state index in [4.69, 9.17) is 0 Å². The smallest absolute Gasteiger partial charge is 0.273 e. The minimum absolute atomic E-state index is 0.460. The maximum atomic E-state index is 12.5. The molecule has 0 aromatic heterocycles. The van der Waals surface area contributed by atoms with Crippen molar-refractivity contribution in [3.63, 3.8) is 0 Å². The third kappa shape index (κ3) is 4.84. The van der Waals surface area contributed by atoms with Crippen LogP contribution in [0.5, 0.6) is 0 Å². The number of hydrogen-bond acceptors (Lipinski definition) is 3. The number of hydrogen-bond donors (Lipinski definition) is 0. The zero-order valence-corrected chi connectivity index (χ0v) is 13.8. The van der Waals surface area contributed by atoms with Gasteiger partial charge >= 0.3 is 6.03 Å². The van der Waals surface area contributed by atoms with E-state index < -0.39 is 36.1 Å². The van der Waals surface area contributed by atoms with E-state index in [2.05, 4.69) is 6.92 Å². The molecule has 1 rings (SSSR count). The summed E-state index contributed by atoms with van der Waals surface area (Å²) in [5.41, 5.74) is 0. The van der Waals surface area contributed by atoms with E-state index in [0.717, 1.165) is 35.5 Å². The van der Waals surface area contributed by atoms with Crippen LogP contribution in [-0.2, 0) is 9.59 Å². The number of halogens is 2. The number of rotatable bonds is 8. The van der Waals surface area contributed by atoms with Crippen molar-refractivity contribution in [2.75, 3.05) is 14.1 Å². The first-order chi connectivity index (χ1) is 10.8. The van der Waals surface area contributed by atoms with Crippen molar-refractivity contribution in [2.45, 2.75) is 45.5 Å². The van der Waals surface area contributed by atoms with Crippen LogP contribution < -0.4 is 0 Å². The van der Waals surface area contributed by atoms with Crippen LogP contribution in [0.4, 0.5) is 13.6 Å². The molecular formula is C16H24F2N2O3. The number of imide groups is 2. The molecule has 0 N–H and O–H groups in total. The molecule has 0 radical (unpaired) electrons. The van der Waals surface area contributed by atoms with Crippen molar-refractivity contribution in [1.29, 1.82) is 0 Å². The number of amides is 4. The van der Waals surface area contributed by atoms with Crippen molar-refractivity contribution in [3.8, 4) is 0 Å². The largest absolute Gasteiger partial charge is 0.332 e. The molecule has 130 valence electrons. The minimum Gasteiger partial charge on any atom is -0.273 e. The third-order valence-electron chi connectivity index (χ3n) is 4.09. The Morgan fingerprint density at radius 3 is 2.04 bits per heavy atom. The zero-order chi connectivity index (χ0) is 17.6. The first kappa shape index (κ1) is 19.3. The van der Waals surface area contributed by atoms with E-state index in [1.54, 1.807) is 0 Å². The molecule has 1 unspecified atom stereocenters. The molecule has 0 saturated carbocycles. The Labute approximate surface area is 135 Å². The van der Waals surface area contributed by atoms with Gasteiger partial charge in [0.05, 0.1) is 0 Å². The first-order valence-corrected chi connectivity index (χ1v) is 7.86. The number of allylic oxidation sites excluding steroid dienone is 2. The van der Waals surface area contributed by atoms with Crippen molar-refractivity contribution >= 4 is 17.8 Å². The predicted octanol–water partition coefficient (Wildman–Crippen LogP) is 3.06. The Balaban J connectivity index is 2.95. The van der Waals surface area contributed by atoms with Crippen LogP contribution in [-0.4, -0.2) is 48.2 Å². The Hall–Kier alpha value is -1.79. The quantitative estimate of drug-likeness (QED) is 0.390. The van der Waals surface area contributed by atoms with Crippen LogP contribution in [0, 0.1) is 11.8 Å². The van der Waals surface area contributed by atoms with Gasteiger partial charge in [-0.25, -0.2) is 13.6 Å². The van der Waals surface area contributed by atoms with E-state index in [-0.39, 0.29) is 0 Å². The van der Waals surface area contributed by atoms with Crippen LogP contribution in [0.3, 0.4) is 0 Å². The summed E-state index contributed by atoms with van der Waals surface area (Å²) in [7, 11) is 2.59. The van der Waals surface area contributed by atoms with Gasteiger partial charge in [-0.3, -0.25) is 19.4 Å². The standard InChI is InChI=1S/C16H24F2N2O3/c1-4-5-6-7-8-11(9-10-12(17)18)13-14(21)19(2)16(23)20(3)15(13)22/h9-13H,4-8H2,1-3H3/b10-9+. The Morgan fingerprint density at radius 2 is 1.57 bits per heavy atom. The summed E-state index contributed by atoms with van der Waals surface area (Å²) in [4.78, 5) is 38.1. The van der Waals surface area contributed by atoms with Gasteiger partial charge in [0, 0.05) is 14.1 Å². The van der Waals surface area contributed by atoms with Gasteiger partial charge in [-0.1, -0.05) is 38.7 Å². The molecule has 5 nitrogen and oxygen atoms in total. The third-order valence-corrected chi connectivity index (χ3v) is 4.09. The van der Waals surface area contributed by atoms with Crippen LogP contribution in [0.1, 0.15) is 39.0 Å². The molecular weight excluding hydrogens is 306 g/mol. The zero-order valence-electron chi connectivity index (χ0n) is 13.8. The highest BCUT2D eigenvalue weighted by Crippen LogP contribution is 2.28. The minimum atomic E-state index is -2.64. The number of carbonyl (C=O) groups excluding carboxylic acids is 3. The van der Waals surface area contributed by atoms with Crippen molar-refractivity contribution in [3.05, 3.63) is 12.2 Å². The highest BCUT2D eigenvalue weighted by atomic mass is 19.3. The number of nitrogens with zero attached hydrogens (tertiary/aromatic N) is 2. The molecule has 1 saturated heterocycles. The van der Waals surface area contributed by atoms with Gasteiger partial charge in [0.2, 0.25) is 11.8 Å². The predicted molar refractivity (Wildman–Crippen MR) is 81.8 cm³/mol.